The van der Waals surface area contributed by atoms with Gasteiger partial charge in [-0.3, -0.25) is 0 Å². The molecule has 0 saturated heterocycles. The minimum Gasteiger partial charge on any atom is -0.550 e. The molecule has 0 spiro atoms. The molecule has 0 N–H and O–H groups in total. The summed E-state index contributed by atoms with van der Waals surface area (Å²) in [6.45, 7) is 0. The second kappa shape index (κ2) is 17.3. The fraction of sp³-hybridized carbons (Fsp3) is 0.900. The van der Waals surface area contributed by atoms with E-state index in [9.17, 15) is 19.8 Å². The van der Waals surface area contributed by atoms with Crippen LogP contribution in [0.4, 0.5) is 0 Å². The van der Waals surface area contributed by atoms with Crippen molar-refractivity contribution >= 4 is 11.9 Å². The smallest absolute Gasteiger partial charge is 0.0675 e. The number of carbonyl (C=O) groups is 2. The van der Waals surface area contributed by atoms with Gasteiger partial charge in [-0.1, -0.05) is 38.5 Å². The van der Waals surface area contributed by atoms with E-state index in [2.05, 4.69) is 56.4 Å². The first-order valence-corrected chi connectivity index (χ1v) is 9.60. The zero-order chi connectivity index (χ0) is 21.2. The number of carbonyl (C=O) groups excluding carboxylic acids is 2. The molecule has 0 rings (SSSR count). The van der Waals surface area contributed by atoms with E-state index in [4.69, 9.17) is 0 Å². The number of hydrogen-bond donors (Lipinski definition) is 0. The number of rotatable bonds is 11. The van der Waals surface area contributed by atoms with Gasteiger partial charge in [0.2, 0.25) is 0 Å². The van der Waals surface area contributed by atoms with Crippen LogP contribution in [0.25, 0.3) is 0 Å². The molecule has 0 atom stereocenters. The Kier molecular flexibility index (Phi) is 19.7. The molecule has 0 aromatic rings. The van der Waals surface area contributed by atoms with Gasteiger partial charge in [-0.05, 0) is 25.7 Å². The lowest BCUT2D eigenvalue weighted by atomic mass is 10.1. The van der Waals surface area contributed by atoms with Crippen LogP contribution >= 0.6 is 0 Å². The van der Waals surface area contributed by atoms with Gasteiger partial charge in [0.25, 0.3) is 0 Å². The molecule has 0 aliphatic heterocycles. The molecule has 26 heavy (non-hydrogen) atoms. The van der Waals surface area contributed by atoms with Crippen molar-refractivity contribution in [3.8, 4) is 0 Å². The summed E-state index contributed by atoms with van der Waals surface area (Å²) in [5.74, 6) is -1.94. The van der Waals surface area contributed by atoms with Crippen LogP contribution in [0.3, 0.4) is 0 Å². The second-order valence-corrected chi connectivity index (χ2v) is 9.44. The van der Waals surface area contributed by atoms with Gasteiger partial charge >= 0.3 is 0 Å². The molecule has 0 aliphatic rings. The van der Waals surface area contributed by atoms with Gasteiger partial charge in [0.15, 0.2) is 0 Å². The largest absolute Gasteiger partial charge is 0.550 e. The first kappa shape index (κ1) is 29.6. The van der Waals surface area contributed by atoms with Gasteiger partial charge in [-0.25, -0.2) is 0 Å². The van der Waals surface area contributed by atoms with Crippen molar-refractivity contribution in [3.05, 3.63) is 0 Å². The van der Waals surface area contributed by atoms with E-state index in [1.54, 1.807) is 0 Å². The molecule has 0 aromatic carbocycles. The molecule has 0 fully saturated rings. The third kappa shape index (κ3) is 77.7. The Morgan fingerprint density at radius 3 is 0.808 bits per heavy atom. The second-order valence-electron chi connectivity index (χ2n) is 9.44. The van der Waals surface area contributed by atoms with E-state index in [0.717, 1.165) is 47.5 Å². The molecule has 0 amide bonds. The summed E-state index contributed by atoms with van der Waals surface area (Å²) in [6, 6.07) is 0. The Hall–Kier alpha value is -1.14. The number of aliphatic carboxylic acids is 2. The molecular formula is C20H44N2O4. The minimum absolute atomic E-state index is 0.158. The Morgan fingerprint density at radius 2 is 0.654 bits per heavy atom. The van der Waals surface area contributed by atoms with Gasteiger partial charge in [-0.2, -0.15) is 0 Å². The van der Waals surface area contributed by atoms with E-state index >= 15 is 0 Å². The summed E-state index contributed by atoms with van der Waals surface area (Å²) in [5, 5.41) is 20.2. The normalized spacial score (nSPS) is 10.9. The van der Waals surface area contributed by atoms with Crippen molar-refractivity contribution in [2.75, 3.05) is 56.4 Å². The molecule has 0 heterocycles. The van der Waals surface area contributed by atoms with Crippen molar-refractivity contribution in [2.24, 2.45) is 0 Å². The molecule has 0 unspecified atom stereocenters. The minimum atomic E-state index is -0.970. The zero-order valence-corrected chi connectivity index (χ0v) is 18.6. The SMILES string of the molecule is C[N+](C)(C)C.C[N+](C)(C)C.O=C([O-])CCCCCCCCCCC(=O)[O-]. The summed E-state index contributed by atoms with van der Waals surface area (Å²) in [6.07, 6.45) is 7.88. The third-order valence-electron chi connectivity index (χ3n) is 2.51. The van der Waals surface area contributed by atoms with E-state index in [1.165, 1.54) is 0 Å². The molecule has 0 aliphatic carbocycles. The Morgan fingerprint density at radius 1 is 0.500 bits per heavy atom. The van der Waals surface area contributed by atoms with Crippen LogP contribution in [0, 0.1) is 0 Å². The van der Waals surface area contributed by atoms with Crippen molar-refractivity contribution < 1.29 is 28.8 Å². The molecular weight excluding hydrogens is 332 g/mol. The summed E-state index contributed by atoms with van der Waals surface area (Å²) < 4.78 is 2.00. The summed E-state index contributed by atoms with van der Waals surface area (Å²) in [7, 11) is 17.0. The summed E-state index contributed by atoms with van der Waals surface area (Å²) in [4.78, 5) is 20.2. The zero-order valence-electron chi connectivity index (χ0n) is 18.6. The highest BCUT2D eigenvalue weighted by molar-refractivity contribution is 5.64. The maximum Gasteiger partial charge on any atom is 0.0675 e. The predicted molar refractivity (Wildman–Crippen MR) is 104 cm³/mol. The summed E-state index contributed by atoms with van der Waals surface area (Å²) >= 11 is 0. The van der Waals surface area contributed by atoms with Gasteiger partial charge in [0, 0.05) is 11.9 Å². The van der Waals surface area contributed by atoms with Crippen molar-refractivity contribution in [2.45, 2.75) is 64.2 Å². The Bertz CT molecular complexity index is 299. The number of unbranched alkanes of at least 4 members (excludes halogenated alkanes) is 7. The fourth-order valence-corrected chi connectivity index (χ4v) is 1.60. The monoisotopic (exact) mass is 376 g/mol. The number of carboxylic acid groups (broad SMARTS) is 2. The highest BCUT2D eigenvalue weighted by Gasteiger charge is 1.93. The summed E-state index contributed by atoms with van der Waals surface area (Å²) in [5.41, 5.74) is 0. The number of carboxylic acids is 2. The predicted octanol–water partition coefficient (Wildman–Crippen LogP) is 1.03. The lowest BCUT2D eigenvalue weighted by Crippen LogP contribution is -2.27. The highest BCUT2D eigenvalue weighted by Crippen LogP contribution is 2.10. The molecule has 0 saturated carbocycles. The molecule has 6 heteroatoms. The van der Waals surface area contributed by atoms with Crippen LogP contribution in [0.2, 0.25) is 0 Å². The standard InChI is InChI=1S/C12H22O4.2C4H12N/c13-11(14)9-7-5-3-1-2-4-6-8-10-12(15)16;2*1-5(2,3)4/h1-10H2,(H,13,14)(H,15,16);2*1-4H3/q;2*+1/p-2. The van der Waals surface area contributed by atoms with E-state index in [0.29, 0.717) is 12.8 Å². The van der Waals surface area contributed by atoms with Crippen LogP contribution < -0.4 is 10.2 Å². The first-order valence-electron chi connectivity index (χ1n) is 9.60. The molecule has 0 bridgehead atoms. The maximum absolute atomic E-state index is 10.1. The number of hydrogen-bond acceptors (Lipinski definition) is 4. The van der Waals surface area contributed by atoms with Crippen molar-refractivity contribution in [1.29, 1.82) is 0 Å². The first-order chi connectivity index (χ1) is 11.6. The van der Waals surface area contributed by atoms with Gasteiger partial charge in [0.1, 0.15) is 0 Å². The highest BCUT2D eigenvalue weighted by atomic mass is 16.4. The molecule has 0 radical (unpaired) electrons. The average Bonchev–Trinajstić information content (AvgIpc) is 2.36. The van der Waals surface area contributed by atoms with Crippen LogP contribution in [0.5, 0.6) is 0 Å². The average molecular weight is 377 g/mol. The van der Waals surface area contributed by atoms with Crippen LogP contribution in [0.15, 0.2) is 0 Å². The number of nitrogens with zero attached hydrogens (tertiary/aromatic N) is 2. The van der Waals surface area contributed by atoms with Gasteiger partial charge < -0.3 is 28.8 Å². The van der Waals surface area contributed by atoms with Crippen molar-refractivity contribution in [1.82, 2.24) is 0 Å². The van der Waals surface area contributed by atoms with E-state index in [-0.39, 0.29) is 12.8 Å². The maximum atomic E-state index is 10.1. The van der Waals surface area contributed by atoms with Gasteiger partial charge in [0.05, 0.1) is 56.4 Å². The lowest BCUT2D eigenvalue weighted by molar-refractivity contribution is -0.849. The van der Waals surface area contributed by atoms with Crippen molar-refractivity contribution in [3.63, 3.8) is 0 Å². The third-order valence-corrected chi connectivity index (χ3v) is 2.51. The lowest BCUT2D eigenvalue weighted by Gasteiger charge is -2.14. The Labute approximate surface area is 162 Å². The fourth-order valence-electron chi connectivity index (χ4n) is 1.60. The Balaban J connectivity index is -0.000000433. The molecule has 158 valence electrons. The quantitative estimate of drug-likeness (QED) is 0.398. The number of quaternary nitrogens is 2. The van der Waals surface area contributed by atoms with Crippen LogP contribution in [-0.2, 0) is 9.59 Å². The topological polar surface area (TPSA) is 80.3 Å². The van der Waals surface area contributed by atoms with E-state index < -0.39 is 11.9 Å². The van der Waals surface area contributed by atoms with Crippen LogP contribution in [0.1, 0.15) is 64.2 Å². The molecule has 6 nitrogen and oxygen atoms in total. The molecule has 0 aromatic heterocycles. The van der Waals surface area contributed by atoms with E-state index in [1.807, 2.05) is 0 Å². The van der Waals surface area contributed by atoms with Crippen LogP contribution in [-0.4, -0.2) is 77.3 Å². The van der Waals surface area contributed by atoms with Gasteiger partial charge in [-0.15, -0.1) is 0 Å².